The molecule has 2 heteroatoms. The van der Waals surface area contributed by atoms with Gasteiger partial charge < -0.3 is 5.32 Å². The van der Waals surface area contributed by atoms with Crippen molar-refractivity contribution in [3.8, 4) is 11.8 Å². The Balaban J connectivity index is 2.77. The van der Waals surface area contributed by atoms with Crippen LogP contribution in [0.2, 0.25) is 0 Å². The summed E-state index contributed by atoms with van der Waals surface area (Å²) in [5.41, 5.74) is 1.32. The molecule has 0 amide bonds. The molecule has 0 saturated heterocycles. The van der Waals surface area contributed by atoms with Crippen molar-refractivity contribution in [1.29, 1.82) is 0 Å². The van der Waals surface area contributed by atoms with E-state index in [0.29, 0.717) is 6.04 Å². The van der Waals surface area contributed by atoms with Gasteiger partial charge in [-0.1, -0.05) is 19.1 Å². The molecule has 1 unspecified atom stereocenters. The predicted molar refractivity (Wildman–Crippen MR) is 72.7 cm³/mol. The summed E-state index contributed by atoms with van der Waals surface area (Å²) in [6, 6.07) is 9.08. The van der Waals surface area contributed by atoms with Crippen LogP contribution >= 0.6 is 11.8 Å². The maximum Gasteiger partial charge on any atom is 0.0430 e. The smallest absolute Gasteiger partial charge is 0.0430 e. The van der Waals surface area contributed by atoms with E-state index in [9.17, 15) is 0 Å². The van der Waals surface area contributed by atoms with Crippen molar-refractivity contribution < 1.29 is 0 Å². The van der Waals surface area contributed by atoms with E-state index in [-0.39, 0.29) is 0 Å². The summed E-state index contributed by atoms with van der Waals surface area (Å²) < 4.78 is 0. The van der Waals surface area contributed by atoms with Crippen molar-refractivity contribution >= 4 is 11.8 Å². The van der Waals surface area contributed by atoms with Gasteiger partial charge in [-0.25, -0.2) is 0 Å². The molecule has 86 valence electrons. The van der Waals surface area contributed by atoms with Crippen molar-refractivity contribution in [1.82, 2.24) is 5.32 Å². The Labute approximate surface area is 103 Å². The van der Waals surface area contributed by atoms with Gasteiger partial charge >= 0.3 is 0 Å². The first-order valence-electron chi connectivity index (χ1n) is 5.58. The lowest BCUT2D eigenvalue weighted by molar-refractivity contribution is 0.565. The standard InChI is InChI=1S/C14H19NS/c1-4-6-7-14(15-5-2)12-8-10-13(16-3)11-9-12/h8-11,14-15H,5,7H2,1-3H3. The van der Waals surface area contributed by atoms with Crippen molar-refractivity contribution in [2.45, 2.75) is 31.2 Å². The minimum Gasteiger partial charge on any atom is -0.309 e. The van der Waals surface area contributed by atoms with Gasteiger partial charge in [-0.3, -0.25) is 0 Å². The van der Waals surface area contributed by atoms with Crippen molar-refractivity contribution in [3.63, 3.8) is 0 Å². The SMILES string of the molecule is CC#CCC(NCC)c1ccc(SC)cc1. The number of hydrogen-bond acceptors (Lipinski definition) is 2. The van der Waals surface area contributed by atoms with Gasteiger partial charge in [-0.2, -0.15) is 0 Å². The number of hydrogen-bond donors (Lipinski definition) is 1. The van der Waals surface area contributed by atoms with Gasteiger partial charge in [-0.05, 0) is 37.4 Å². The number of thioether (sulfide) groups is 1. The van der Waals surface area contributed by atoms with Crippen LogP contribution in [0, 0.1) is 11.8 Å². The Bertz CT molecular complexity index is 359. The van der Waals surface area contributed by atoms with Gasteiger partial charge in [-0.15, -0.1) is 23.6 Å². The van der Waals surface area contributed by atoms with E-state index in [0.717, 1.165) is 13.0 Å². The molecule has 0 fully saturated rings. The fourth-order valence-electron chi connectivity index (χ4n) is 1.59. The lowest BCUT2D eigenvalue weighted by Gasteiger charge is -2.15. The normalized spacial score (nSPS) is 11.7. The third-order valence-electron chi connectivity index (χ3n) is 2.45. The lowest BCUT2D eigenvalue weighted by atomic mass is 10.0. The molecule has 1 rings (SSSR count). The van der Waals surface area contributed by atoms with E-state index in [1.807, 2.05) is 6.92 Å². The number of nitrogens with one attached hydrogen (secondary N) is 1. The zero-order valence-corrected chi connectivity index (χ0v) is 11.0. The molecule has 0 bridgehead atoms. The summed E-state index contributed by atoms with van der Waals surface area (Å²) >= 11 is 1.77. The summed E-state index contributed by atoms with van der Waals surface area (Å²) in [7, 11) is 0. The average Bonchev–Trinajstić information content (AvgIpc) is 2.35. The number of rotatable bonds is 5. The van der Waals surface area contributed by atoms with Crippen LogP contribution in [0.25, 0.3) is 0 Å². The van der Waals surface area contributed by atoms with Crippen LogP contribution in [0.3, 0.4) is 0 Å². The second-order valence-corrected chi connectivity index (χ2v) is 4.39. The minimum atomic E-state index is 0.355. The topological polar surface area (TPSA) is 12.0 Å². The Hall–Kier alpha value is -0.910. The van der Waals surface area contributed by atoms with Crippen LogP contribution in [0.4, 0.5) is 0 Å². The predicted octanol–water partition coefficient (Wildman–Crippen LogP) is 3.47. The fourth-order valence-corrected chi connectivity index (χ4v) is 2.00. The monoisotopic (exact) mass is 233 g/mol. The average molecular weight is 233 g/mol. The first kappa shape index (κ1) is 13.2. The second kappa shape index (κ2) is 7.38. The van der Waals surface area contributed by atoms with E-state index in [1.54, 1.807) is 11.8 Å². The van der Waals surface area contributed by atoms with Gasteiger partial charge in [0.1, 0.15) is 0 Å². The third-order valence-corrected chi connectivity index (χ3v) is 3.20. The van der Waals surface area contributed by atoms with Gasteiger partial charge in [0, 0.05) is 17.4 Å². The Morgan fingerprint density at radius 1 is 1.31 bits per heavy atom. The summed E-state index contributed by atoms with van der Waals surface area (Å²) in [6.07, 6.45) is 2.97. The third kappa shape index (κ3) is 3.92. The van der Waals surface area contributed by atoms with Gasteiger partial charge in [0.25, 0.3) is 0 Å². The molecular formula is C14H19NS. The molecule has 16 heavy (non-hydrogen) atoms. The summed E-state index contributed by atoms with van der Waals surface area (Å²) in [5, 5.41) is 3.46. The molecule has 0 saturated carbocycles. The molecule has 1 aromatic rings. The second-order valence-electron chi connectivity index (χ2n) is 3.51. The number of benzene rings is 1. The lowest BCUT2D eigenvalue weighted by Crippen LogP contribution is -2.20. The molecule has 0 radical (unpaired) electrons. The first-order valence-corrected chi connectivity index (χ1v) is 6.81. The molecule has 0 heterocycles. The molecule has 1 nitrogen and oxygen atoms in total. The molecule has 1 N–H and O–H groups in total. The molecule has 0 aliphatic carbocycles. The zero-order valence-electron chi connectivity index (χ0n) is 10.2. The van der Waals surface area contributed by atoms with Crippen molar-refractivity contribution in [2.24, 2.45) is 0 Å². The van der Waals surface area contributed by atoms with Gasteiger partial charge in [0.2, 0.25) is 0 Å². The van der Waals surface area contributed by atoms with Crippen molar-refractivity contribution in [3.05, 3.63) is 29.8 Å². The van der Waals surface area contributed by atoms with Crippen LogP contribution in [0.15, 0.2) is 29.2 Å². The van der Waals surface area contributed by atoms with E-state index >= 15 is 0 Å². The van der Waals surface area contributed by atoms with Crippen molar-refractivity contribution in [2.75, 3.05) is 12.8 Å². The first-order chi connectivity index (χ1) is 7.81. The largest absolute Gasteiger partial charge is 0.309 e. The van der Waals surface area contributed by atoms with E-state index < -0.39 is 0 Å². The molecular weight excluding hydrogens is 214 g/mol. The van der Waals surface area contributed by atoms with E-state index in [1.165, 1.54) is 10.5 Å². The highest BCUT2D eigenvalue weighted by atomic mass is 32.2. The van der Waals surface area contributed by atoms with Crippen LogP contribution in [0.1, 0.15) is 31.9 Å². The van der Waals surface area contributed by atoms with Gasteiger partial charge in [0.05, 0.1) is 0 Å². The van der Waals surface area contributed by atoms with E-state index in [4.69, 9.17) is 0 Å². The van der Waals surface area contributed by atoms with Crippen LogP contribution < -0.4 is 5.32 Å². The fraction of sp³-hybridized carbons (Fsp3) is 0.429. The summed E-state index contributed by atoms with van der Waals surface area (Å²) in [6.45, 7) is 4.99. The summed E-state index contributed by atoms with van der Waals surface area (Å²) in [4.78, 5) is 1.31. The van der Waals surface area contributed by atoms with Crippen LogP contribution in [-0.4, -0.2) is 12.8 Å². The Kier molecular flexibility index (Phi) is 6.07. The Morgan fingerprint density at radius 2 is 2.00 bits per heavy atom. The summed E-state index contributed by atoms with van der Waals surface area (Å²) in [5.74, 6) is 6.10. The van der Waals surface area contributed by atoms with E-state index in [2.05, 4.69) is 54.6 Å². The molecule has 0 aliphatic rings. The van der Waals surface area contributed by atoms with Gasteiger partial charge in [0.15, 0.2) is 0 Å². The highest BCUT2D eigenvalue weighted by molar-refractivity contribution is 7.98. The molecule has 0 aliphatic heterocycles. The molecule has 0 aromatic heterocycles. The van der Waals surface area contributed by atoms with Crippen LogP contribution in [0.5, 0.6) is 0 Å². The minimum absolute atomic E-state index is 0.355. The highest BCUT2D eigenvalue weighted by Crippen LogP contribution is 2.20. The maximum atomic E-state index is 3.46. The highest BCUT2D eigenvalue weighted by Gasteiger charge is 2.07. The molecule has 1 aromatic carbocycles. The maximum absolute atomic E-state index is 3.46. The quantitative estimate of drug-likeness (QED) is 0.617. The Morgan fingerprint density at radius 3 is 2.50 bits per heavy atom. The molecule has 0 spiro atoms. The molecule has 1 atom stereocenters. The van der Waals surface area contributed by atoms with Crippen LogP contribution in [-0.2, 0) is 0 Å². The zero-order chi connectivity index (χ0) is 11.8.